The number of aryl methyl sites for hydroxylation is 1. The molecule has 0 N–H and O–H groups in total. The van der Waals surface area contributed by atoms with Crippen LogP contribution in [0.15, 0.2) is 48.5 Å². The Kier molecular flexibility index (Phi) is 13.3. The van der Waals surface area contributed by atoms with Crippen LogP contribution in [0.2, 0.25) is 0 Å². The predicted octanol–water partition coefficient (Wildman–Crippen LogP) is 8.28. The molecule has 2 aromatic carbocycles. The molecule has 0 amide bonds. The smallest absolute Gasteiger partial charge is 0 e. The molecule has 0 heterocycles. The summed E-state index contributed by atoms with van der Waals surface area (Å²) in [6, 6.07) is 17.2. The Morgan fingerprint density at radius 2 is 1.13 bits per heavy atom. The average Bonchev–Trinajstić information content (AvgIpc) is 2.60. The zero-order valence-electron chi connectivity index (χ0n) is 17.1. The molecule has 0 atom stereocenters. The van der Waals surface area contributed by atoms with Crippen LogP contribution in [-0.4, -0.2) is 0 Å². The molecule has 23 heavy (non-hydrogen) atoms. The van der Waals surface area contributed by atoms with Gasteiger partial charge in [0, 0.05) is 1.43 Å². The topological polar surface area (TPSA) is 0 Å². The fraction of sp³-hybridized carbons (Fsp3) is 0.478. The molecule has 0 unspecified atom stereocenters. The average molecular weight is 318 g/mol. The second-order valence-electron chi connectivity index (χ2n) is 5.61. The first-order valence-corrected chi connectivity index (χ1v) is 9.15. The summed E-state index contributed by atoms with van der Waals surface area (Å²) < 4.78 is 0. The molecule has 0 bridgehead atoms. The Morgan fingerprint density at radius 3 is 1.57 bits per heavy atom. The maximum Gasteiger partial charge on any atom is 0 e. The summed E-state index contributed by atoms with van der Waals surface area (Å²) in [4.78, 5) is 0. The van der Waals surface area contributed by atoms with Crippen molar-refractivity contribution >= 4 is 0 Å². The quantitative estimate of drug-likeness (QED) is 0.496. The molecular weight excluding hydrogens is 276 g/mol. The van der Waals surface area contributed by atoms with E-state index in [2.05, 4.69) is 76.2 Å². The summed E-state index contributed by atoms with van der Waals surface area (Å²) in [5.74, 6) is 0. The van der Waals surface area contributed by atoms with E-state index in [1.54, 1.807) is 0 Å². The van der Waals surface area contributed by atoms with Crippen molar-refractivity contribution in [3.05, 3.63) is 59.7 Å². The van der Waals surface area contributed by atoms with Crippen molar-refractivity contribution < 1.29 is 1.43 Å². The van der Waals surface area contributed by atoms with Crippen LogP contribution in [0.3, 0.4) is 0 Å². The van der Waals surface area contributed by atoms with Gasteiger partial charge < -0.3 is 0 Å². The molecule has 0 heteroatoms. The maximum atomic E-state index is 2.28. The third-order valence-electron chi connectivity index (χ3n) is 3.11. The predicted molar refractivity (Wildman–Crippen MR) is 111 cm³/mol. The molecule has 0 aliphatic carbocycles. The summed E-state index contributed by atoms with van der Waals surface area (Å²) in [6.45, 7) is 21.0. The largest absolute Gasteiger partial charge is 0.0683 e. The molecule has 0 aromatic heterocycles. The van der Waals surface area contributed by atoms with E-state index in [-0.39, 0.29) is 6.84 Å². The van der Waals surface area contributed by atoms with Crippen LogP contribution in [0.25, 0.3) is 11.1 Å². The zero-order valence-corrected chi connectivity index (χ0v) is 17.1. The zero-order chi connectivity index (χ0) is 18.5. The number of benzene rings is 2. The molecule has 2 aromatic rings. The Bertz CT molecular complexity index is 507. The molecule has 132 valence electrons. The first-order chi connectivity index (χ1) is 11.0. The molecule has 0 nitrogen and oxygen atoms in total. The van der Waals surface area contributed by atoms with Crippen molar-refractivity contribution in [2.75, 3.05) is 0 Å². The van der Waals surface area contributed by atoms with Gasteiger partial charge in [-0.15, -0.1) is 0 Å². The highest BCUT2D eigenvalue weighted by molar-refractivity contribution is 5.70. The molecule has 2 rings (SSSR count). The van der Waals surface area contributed by atoms with Crippen molar-refractivity contribution in [3.8, 4) is 11.1 Å². The van der Waals surface area contributed by atoms with E-state index < -0.39 is 0 Å². The molecule has 0 radical (unpaired) electrons. The number of hydrogen-bond acceptors (Lipinski definition) is 0. The lowest BCUT2D eigenvalue weighted by Gasteiger charge is -2.25. The van der Waals surface area contributed by atoms with Crippen LogP contribution in [0.5, 0.6) is 0 Å². The summed E-state index contributed by atoms with van der Waals surface area (Å²) in [6.07, 6.45) is 0. The molecule has 0 saturated carbocycles. The van der Waals surface area contributed by atoms with Crippen LogP contribution >= 0.6 is 0 Å². The monoisotopic (exact) mass is 317 g/mol. The van der Waals surface area contributed by atoms with Gasteiger partial charge in [0.25, 0.3) is 0 Å². The maximum absolute atomic E-state index is 2.28. The van der Waals surface area contributed by atoms with Gasteiger partial charge in [0.1, 0.15) is 0 Å². The summed E-state index contributed by atoms with van der Waals surface area (Å²) in [7, 11) is 0. The lowest BCUT2D eigenvalue weighted by Crippen LogP contribution is -2.14. The SMILES string of the molecule is CC.CC.CC.Cc1cccc(-c2ccccc2)c1C(C)(C)C.[2HH]. The van der Waals surface area contributed by atoms with Crippen LogP contribution in [0.1, 0.15) is 74.9 Å². The first-order valence-electron chi connectivity index (χ1n) is 9.15. The van der Waals surface area contributed by atoms with Crippen LogP contribution < -0.4 is 0 Å². The van der Waals surface area contributed by atoms with Crippen LogP contribution in [0.4, 0.5) is 0 Å². The van der Waals surface area contributed by atoms with Gasteiger partial charge in [-0.1, -0.05) is 111 Å². The molecule has 0 saturated heterocycles. The Hall–Kier alpha value is -1.56. The minimum absolute atomic E-state index is 0. The summed E-state index contributed by atoms with van der Waals surface area (Å²) in [5, 5.41) is 0. The lowest BCUT2D eigenvalue weighted by molar-refractivity contribution is 0.588. The minimum atomic E-state index is 0. The van der Waals surface area contributed by atoms with Gasteiger partial charge in [-0.05, 0) is 34.6 Å². The van der Waals surface area contributed by atoms with E-state index in [1.807, 2.05) is 41.5 Å². The lowest BCUT2D eigenvalue weighted by atomic mass is 9.79. The highest BCUT2D eigenvalue weighted by Crippen LogP contribution is 2.35. The molecule has 0 spiro atoms. The summed E-state index contributed by atoms with van der Waals surface area (Å²) in [5.41, 5.74) is 5.67. The van der Waals surface area contributed by atoms with E-state index in [1.165, 1.54) is 22.3 Å². The van der Waals surface area contributed by atoms with Gasteiger partial charge in [-0.3, -0.25) is 0 Å². The van der Waals surface area contributed by atoms with E-state index in [4.69, 9.17) is 0 Å². The van der Waals surface area contributed by atoms with E-state index in [0.29, 0.717) is 0 Å². The Labute approximate surface area is 147 Å². The van der Waals surface area contributed by atoms with E-state index >= 15 is 0 Å². The first kappa shape index (κ1) is 23.7. The highest BCUT2D eigenvalue weighted by atomic mass is 14.2. The second kappa shape index (κ2) is 12.9. The highest BCUT2D eigenvalue weighted by Gasteiger charge is 2.20. The minimum Gasteiger partial charge on any atom is -0.0683 e. The van der Waals surface area contributed by atoms with Crippen molar-refractivity contribution in [2.45, 2.75) is 74.7 Å². The van der Waals surface area contributed by atoms with Crippen molar-refractivity contribution in [3.63, 3.8) is 0 Å². The molecule has 0 aliphatic rings. The van der Waals surface area contributed by atoms with Gasteiger partial charge >= 0.3 is 0 Å². The van der Waals surface area contributed by atoms with Gasteiger partial charge in [-0.2, -0.15) is 0 Å². The third-order valence-corrected chi connectivity index (χ3v) is 3.11. The van der Waals surface area contributed by atoms with Gasteiger partial charge in [-0.25, -0.2) is 0 Å². The van der Waals surface area contributed by atoms with Crippen LogP contribution in [-0.2, 0) is 5.41 Å². The Balaban J connectivity index is -0.000000569. The fourth-order valence-corrected chi connectivity index (χ4v) is 2.52. The van der Waals surface area contributed by atoms with Crippen molar-refractivity contribution in [1.82, 2.24) is 0 Å². The summed E-state index contributed by atoms with van der Waals surface area (Å²) >= 11 is 0. The Morgan fingerprint density at radius 1 is 0.652 bits per heavy atom. The fourth-order valence-electron chi connectivity index (χ4n) is 2.52. The number of hydrogen-bond donors (Lipinski definition) is 0. The van der Waals surface area contributed by atoms with Crippen LogP contribution in [0, 0.1) is 6.92 Å². The van der Waals surface area contributed by atoms with Crippen molar-refractivity contribution in [2.24, 2.45) is 0 Å². The van der Waals surface area contributed by atoms with Gasteiger partial charge in [0.2, 0.25) is 0 Å². The van der Waals surface area contributed by atoms with Gasteiger partial charge in [0.05, 0.1) is 0 Å². The normalized spacial score (nSPS) is 9.30. The third kappa shape index (κ3) is 7.50. The van der Waals surface area contributed by atoms with E-state index in [9.17, 15) is 0 Å². The second-order valence-corrected chi connectivity index (χ2v) is 5.61. The van der Waals surface area contributed by atoms with E-state index in [0.717, 1.165) is 0 Å². The molecule has 0 aliphatic heterocycles. The molecular formula is C23H40. The standard InChI is InChI=1S/C17H20.3C2H6.H2/c1-13-9-8-12-15(16(13)17(2,3)4)14-10-6-5-7-11-14;3*1-2;/h5-12H,1-4H3;3*1-2H3;1H/i;;;;1+1. The molecule has 0 fully saturated rings. The number of rotatable bonds is 1. The van der Waals surface area contributed by atoms with Gasteiger partial charge in [0.15, 0.2) is 0 Å². The van der Waals surface area contributed by atoms with Crippen molar-refractivity contribution in [1.29, 1.82) is 0 Å².